The molecule has 0 saturated carbocycles. The largest absolute Gasteiger partial charge is 0.407 e. The average Bonchev–Trinajstić information content (AvgIpc) is 2.28. The highest BCUT2D eigenvalue weighted by atomic mass is 19.4. The molecule has 0 aromatic heterocycles. The molecule has 1 aromatic carbocycles. The van der Waals surface area contributed by atoms with Crippen molar-refractivity contribution in [3.8, 4) is 0 Å². The van der Waals surface area contributed by atoms with E-state index >= 15 is 0 Å². The number of unbranched alkanes of at least 4 members (excludes halogenated alkanes) is 2. The highest BCUT2D eigenvalue weighted by Gasteiger charge is 2.37. The van der Waals surface area contributed by atoms with E-state index in [1.807, 2.05) is 0 Å². The van der Waals surface area contributed by atoms with Crippen molar-refractivity contribution in [2.45, 2.75) is 44.8 Å². The van der Waals surface area contributed by atoms with E-state index in [1.54, 1.807) is 12.1 Å². The predicted octanol–water partition coefficient (Wildman–Crippen LogP) is 3.98. The highest BCUT2D eigenvalue weighted by molar-refractivity contribution is 5.25. The van der Waals surface area contributed by atoms with E-state index in [9.17, 15) is 13.2 Å². The van der Waals surface area contributed by atoms with Crippen LogP contribution in [0.3, 0.4) is 0 Å². The third-order valence-electron chi connectivity index (χ3n) is 2.76. The molecular formula is C13H18F3N. The summed E-state index contributed by atoms with van der Waals surface area (Å²) < 4.78 is 37.1. The molecule has 0 spiro atoms. The summed E-state index contributed by atoms with van der Waals surface area (Å²) in [6, 6.07) is 4.53. The van der Waals surface area contributed by atoms with Crippen LogP contribution in [0.5, 0.6) is 0 Å². The quantitative estimate of drug-likeness (QED) is 0.780. The summed E-state index contributed by atoms with van der Waals surface area (Å²) in [7, 11) is 0. The number of aryl methyl sites for hydroxylation is 1. The van der Waals surface area contributed by atoms with Gasteiger partial charge in [0, 0.05) is 0 Å². The molecule has 0 amide bonds. The minimum Gasteiger partial charge on any atom is -0.316 e. The molecule has 1 nitrogen and oxygen atoms in total. The van der Waals surface area contributed by atoms with E-state index in [0.29, 0.717) is 0 Å². The molecule has 0 aliphatic heterocycles. The van der Waals surface area contributed by atoms with Crippen molar-refractivity contribution in [1.82, 2.24) is 0 Å². The molecule has 1 aromatic rings. The highest BCUT2D eigenvalue weighted by Crippen LogP contribution is 2.30. The Morgan fingerprint density at radius 1 is 1.12 bits per heavy atom. The van der Waals surface area contributed by atoms with Gasteiger partial charge in [0.2, 0.25) is 0 Å². The first-order valence-corrected chi connectivity index (χ1v) is 5.86. The van der Waals surface area contributed by atoms with Gasteiger partial charge in [-0.2, -0.15) is 13.2 Å². The lowest BCUT2D eigenvalue weighted by atomic mass is 10.0. The van der Waals surface area contributed by atoms with Gasteiger partial charge in [-0.15, -0.1) is 0 Å². The van der Waals surface area contributed by atoms with Gasteiger partial charge in [0.1, 0.15) is 6.04 Å². The maximum absolute atomic E-state index is 12.4. The number of rotatable bonds is 5. The average molecular weight is 245 g/mol. The van der Waals surface area contributed by atoms with Crippen LogP contribution < -0.4 is 5.73 Å². The van der Waals surface area contributed by atoms with Gasteiger partial charge in [0.05, 0.1) is 0 Å². The number of hydrogen-bond donors (Lipinski definition) is 1. The molecule has 96 valence electrons. The zero-order valence-electron chi connectivity index (χ0n) is 9.93. The number of halogens is 3. The lowest BCUT2D eigenvalue weighted by molar-refractivity contribution is -0.149. The fourth-order valence-electron chi connectivity index (χ4n) is 1.66. The Balaban J connectivity index is 2.61. The summed E-state index contributed by atoms with van der Waals surface area (Å²) in [5.74, 6) is 0. The molecule has 4 heteroatoms. The van der Waals surface area contributed by atoms with Crippen LogP contribution in [0.2, 0.25) is 0 Å². The lowest BCUT2D eigenvalue weighted by Gasteiger charge is -2.16. The first-order valence-electron chi connectivity index (χ1n) is 5.86. The van der Waals surface area contributed by atoms with Crippen molar-refractivity contribution in [3.63, 3.8) is 0 Å². The number of alkyl halides is 3. The number of nitrogens with two attached hydrogens (primary N) is 1. The molecule has 0 aliphatic rings. The fourth-order valence-corrected chi connectivity index (χ4v) is 1.66. The Kier molecular flexibility index (Phi) is 5.00. The molecule has 1 rings (SSSR count). The zero-order chi connectivity index (χ0) is 12.9. The molecule has 0 unspecified atom stereocenters. The van der Waals surface area contributed by atoms with E-state index in [4.69, 9.17) is 5.73 Å². The van der Waals surface area contributed by atoms with Crippen LogP contribution >= 0.6 is 0 Å². The van der Waals surface area contributed by atoms with Crippen LogP contribution in [0.25, 0.3) is 0 Å². The van der Waals surface area contributed by atoms with E-state index in [1.165, 1.54) is 12.1 Å². The smallest absolute Gasteiger partial charge is 0.316 e. The van der Waals surface area contributed by atoms with Crippen molar-refractivity contribution < 1.29 is 13.2 Å². The minimum atomic E-state index is -4.37. The fraction of sp³-hybridized carbons (Fsp3) is 0.538. The summed E-state index contributed by atoms with van der Waals surface area (Å²) in [5.41, 5.74) is 6.31. The Labute approximate surface area is 99.8 Å². The van der Waals surface area contributed by atoms with E-state index < -0.39 is 12.2 Å². The van der Waals surface area contributed by atoms with Gasteiger partial charge in [0.15, 0.2) is 0 Å². The summed E-state index contributed by atoms with van der Waals surface area (Å²) in [6.07, 6.45) is -0.110. The Morgan fingerprint density at radius 3 is 2.18 bits per heavy atom. The lowest BCUT2D eigenvalue weighted by Crippen LogP contribution is -2.28. The van der Waals surface area contributed by atoms with Crippen molar-refractivity contribution >= 4 is 0 Å². The van der Waals surface area contributed by atoms with Crippen LogP contribution in [-0.2, 0) is 6.42 Å². The summed E-state index contributed by atoms with van der Waals surface area (Å²) >= 11 is 0. The van der Waals surface area contributed by atoms with E-state index in [-0.39, 0.29) is 5.56 Å². The maximum atomic E-state index is 12.4. The van der Waals surface area contributed by atoms with Gasteiger partial charge in [-0.3, -0.25) is 0 Å². The molecule has 0 bridgehead atoms. The SMILES string of the molecule is CCCCCc1ccc([C@@H](N)C(F)(F)F)cc1. The van der Waals surface area contributed by atoms with Gasteiger partial charge in [-0.1, -0.05) is 44.0 Å². The molecule has 1 atom stereocenters. The molecule has 0 aliphatic carbocycles. The van der Waals surface area contributed by atoms with Crippen LogP contribution in [0.1, 0.15) is 43.4 Å². The zero-order valence-corrected chi connectivity index (χ0v) is 9.93. The molecule has 17 heavy (non-hydrogen) atoms. The van der Waals surface area contributed by atoms with Gasteiger partial charge in [0.25, 0.3) is 0 Å². The Morgan fingerprint density at radius 2 is 1.71 bits per heavy atom. The Hall–Kier alpha value is -1.03. The van der Waals surface area contributed by atoms with E-state index in [0.717, 1.165) is 31.2 Å². The van der Waals surface area contributed by atoms with Gasteiger partial charge in [-0.25, -0.2) is 0 Å². The second-order valence-electron chi connectivity index (χ2n) is 4.22. The third-order valence-corrected chi connectivity index (χ3v) is 2.76. The Bertz CT molecular complexity index is 330. The number of hydrogen-bond acceptors (Lipinski definition) is 1. The third kappa shape index (κ3) is 4.38. The molecule has 2 N–H and O–H groups in total. The van der Waals surface area contributed by atoms with Gasteiger partial charge in [-0.05, 0) is 24.0 Å². The predicted molar refractivity (Wildman–Crippen MR) is 62.7 cm³/mol. The van der Waals surface area contributed by atoms with E-state index in [2.05, 4.69) is 6.92 Å². The van der Waals surface area contributed by atoms with Crippen LogP contribution in [0.15, 0.2) is 24.3 Å². The van der Waals surface area contributed by atoms with Crippen LogP contribution in [0.4, 0.5) is 13.2 Å². The molecule has 0 heterocycles. The summed E-state index contributed by atoms with van der Waals surface area (Å²) in [4.78, 5) is 0. The first kappa shape index (κ1) is 14.0. The van der Waals surface area contributed by atoms with Crippen molar-refractivity contribution in [2.75, 3.05) is 0 Å². The standard InChI is InChI=1S/C13H18F3N/c1-2-3-4-5-10-6-8-11(9-7-10)12(17)13(14,15)16/h6-9,12H,2-5,17H2,1H3/t12-/m1/s1. The molecule has 0 saturated heterocycles. The van der Waals surface area contributed by atoms with Crippen molar-refractivity contribution in [1.29, 1.82) is 0 Å². The topological polar surface area (TPSA) is 26.0 Å². The van der Waals surface area contributed by atoms with Gasteiger partial charge >= 0.3 is 6.18 Å². The van der Waals surface area contributed by atoms with Crippen molar-refractivity contribution in [3.05, 3.63) is 35.4 Å². The van der Waals surface area contributed by atoms with Crippen molar-refractivity contribution in [2.24, 2.45) is 5.73 Å². The summed E-state index contributed by atoms with van der Waals surface area (Å²) in [5, 5.41) is 0. The minimum absolute atomic E-state index is 0.122. The van der Waals surface area contributed by atoms with Gasteiger partial charge < -0.3 is 5.73 Å². The first-order chi connectivity index (χ1) is 7.95. The second-order valence-corrected chi connectivity index (χ2v) is 4.22. The summed E-state index contributed by atoms with van der Waals surface area (Å²) in [6.45, 7) is 2.12. The normalized spacial score (nSPS) is 13.7. The monoisotopic (exact) mass is 245 g/mol. The number of benzene rings is 1. The molecular weight excluding hydrogens is 227 g/mol. The molecule has 0 radical (unpaired) electrons. The maximum Gasteiger partial charge on any atom is 0.407 e. The van der Waals surface area contributed by atoms with Crippen LogP contribution in [0, 0.1) is 0 Å². The van der Waals surface area contributed by atoms with Crippen LogP contribution in [-0.4, -0.2) is 6.18 Å². The molecule has 0 fully saturated rings. The second kappa shape index (κ2) is 6.05.